The van der Waals surface area contributed by atoms with Crippen LogP contribution in [0.25, 0.3) is 21.9 Å². The molecule has 2 aromatic carbocycles. The molecule has 4 rings (SSSR count). The lowest BCUT2D eigenvalue weighted by Crippen LogP contribution is -2.13. The molecule has 2 aromatic heterocycles. The maximum Gasteiger partial charge on any atom is 0.258 e. The standard InChI is InChI=1S/C26H25N3O3/c1-26(2,3)17-9-10-19-20(11-17)22(25(32)29-24(19)31)14-27-13-18-12-23(30)21(15-28-18)16-7-5-4-6-8-16/h4-12,14-15H,13H2,1-3H3,(H,28,30)(H2,29,31,32). The summed E-state index contributed by atoms with van der Waals surface area (Å²) in [5.74, 6) is -0.231. The summed E-state index contributed by atoms with van der Waals surface area (Å²) in [6, 6.07) is 16.6. The van der Waals surface area contributed by atoms with E-state index in [4.69, 9.17) is 0 Å². The van der Waals surface area contributed by atoms with E-state index in [1.165, 1.54) is 12.3 Å². The number of aliphatic imine (C=N–C) groups is 1. The highest BCUT2D eigenvalue weighted by molar-refractivity contribution is 6.01. The Labute approximate surface area is 185 Å². The Balaban J connectivity index is 1.66. The van der Waals surface area contributed by atoms with Gasteiger partial charge < -0.3 is 10.1 Å². The van der Waals surface area contributed by atoms with Crippen LogP contribution in [0, 0.1) is 0 Å². The number of aromatic nitrogens is 2. The zero-order chi connectivity index (χ0) is 22.9. The zero-order valence-corrected chi connectivity index (χ0v) is 18.3. The van der Waals surface area contributed by atoms with Crippen LogP contribution in [-0.4, -0.2) is 21.3 Å². The molecule has 0 aliphatic heterocycles. The second-order valence-electron chi connectivity index (χ2n) is 8.80. The average Bonchev–Trinajstić information content (AvgIpc) is 2.75. The van der Waals surface area contributed by atoms with E-state index in [0.717, 1.165) is 11.1 Å². The Morgan fingerprint density at radius 3 is 2.44 bits per heavy atom. The Bertz CT molecular complexity index is 1430. The van der Waals surface area contributed by atoms with Crippen LogP contribution in [0.5, 0.6) is 5.88 Å². The van der Waals surface area contributed by atoms with Gasteiger partial charge in [-0.2, -0.15) is 0 Å². The molecule has 2 heterocycles. The molecule has 0 fully saturated rings. The van der Waals surface area contributed by atoms with Crippen molar-refractivity contribution in [1.82, 2.24) is 9.97 Å². The van der Waals surface area contributed by atoms with E-state index in [-0.39, 0.29) is 28.8 Å². The highest BCUT2D eigenvalue weighted by Gasteiger charge is 2.17. The minimum absolute atomic E-state index is 0.0905. The van der Waals surface area contributed by atoms with Gasteiger partial charge in [0.1, 0.15) is 0 Å². The Morgan fingerprint density at radius 2 is 1.75 bits per heavy atom. The highest BCUT2D eigenvalue weighted by Crippen LogP contribution is 2.28. The fraction of sp³-hybridized carbons (Fsp3) is 0.192. The van der Waals surface area contributed by atoms with E-state index in [1.54, 1.807) is 12.3 Å². The van der Waals surface area contributed by atoms with Gasteiger partial charge in [-0.15, -0.1) is 0 Å². The van der Waals surface area contributed by atoms with Gasteiger partial charge in [0.05, 0.1) is 12.1 Å². The van der Waals surface area contributed by atoms with Crippen LogP contribution in [0.3, 0.4) is 0 Å². The SMILES string of the molecule is CC(C)(C)c1ccc2c(=O)[nH]c(O)c(C=NCc3cc(=O)c(-c4ccccc4)c[nH]3)c2c1. The number of hydrogen-bond acceptors (Lipinski definition) is 4. The first-order chi connectivity index (χ1) is 15.2. The molecule has 0 aliphatic rings. The van der Waals surface area contributed by atoms with Gasteiger partial charge in [0.2, 0.25) is 5.88 Å². The topological polar surface area (TPSA) is 98.3 Å². The molecule has 0 bridgehead atoms. The lowest BCUT2D eigenvalue weighted by atomic mass is 9.85. The van der Waals surface area contributed by atoms with Crippen LogP contribution < -0.4 is 11.0 Å². The van der Waals surface area contributed by atoms with Gasteiger partial charge in [0, 0.05) is 40.5 Å². The van der Waals surface area contributed by atoms with Crippen LogP contribution in [0.4, 0.5) is 0 Å². The van der Waals surface area contributed by atoms with Crippen molar-refractivity contribution in [3.8, 4) is 17.0 Å². The molecule has 0 atom stereocenters. The van der Waals surface area contributed by atoms with Crippen molar-refractivity contribution in [3.63, 3.8) is 0 Å². The summed E-state index contributed by atoms with van der Waals surface area (Å²) >= 11 is 0. The fourth-order valence-corrected chi connectivity index (χ4v) is 3.62. The summed E-state index contributed by atoms with van der Waals surface area (Å²) in [5, 5.41) is 11.5. The molecule has 6 nitrogen and oxygen atoms in total. The lowest BCUT2D eigenvalue weighted by molar-refractivity contribution is 0.452. The van der Waals surface area contributed by atoms with Gasteiger partial charge in [-0.05, 0) is 28.7 Å². The van der Waals surface area contributed by atoms with Crippen molar-refractivity contribution < 1.29 is 5.11 Å². The molecule has 0 unspecified atom stereocenters. The molecule has 162 valence electrons. The predicted molar refractivity (Wildman–Crippen MR) is 129 cm³/mol. The van der Waals surface area contributed by atoms with Gasteiger partial charge in [-0.3, -0.25) is 19.6 Å². The second kappa shape index (κ2) is 8.30. The number of rotatable bonds is 4. The Morgan fingerprint density at radius 1 is 1.00 bits per heavy atom. The Kier molecular flexibility index (Phi) is 5.53. The van der Waals surface area contributed by atoms with Crippen LogP contribution in [-0.2, 0) is 12.0 Å². The van der Waals surface area contributed by atoms with E-state index < -0.39 is 0 Å². The van der Waals surface area contributed by atoms with E-state index in [9.17, 15) is 14.7 Å². The van der Waals surface area contributed by atoms with E-state index in [0.29, 0.717) is 27.6 Å². The van der Waals surface area contributed by atoms with Crippen LogP contribution in [0.2, 0.25) is 0 Å². The first-order valence-electron chi connectivity index (χ1n) is 10.4. The van der Waals surface area contributed by atoms with Crippen LogP contribution >= 0.6 is 0 Å². The lowest BCUT2D eigenvalue weighted by Gasteiger charge is -2.19. The van der Waals surface area contributed by atoms with Crippen molar-refractivity contribution in [2.45, 2.75) is 32.7 Å². The summed E-state index contributed by atoms with van der Waals surface area (Å²) in [7, 11) is 0. The summed E-state index contributed by atoms with van der Waals surface area (Å²) in [5.41, 5.74) is 3.03. The molecular formula is C26H25N3O3. The number of nitrogens with zero attached hydrogens (tertiary/aromatic N) is 1. The predicted octanol–water partition coefficient (Wildman–Crippen LogP) is 4.51. The van der Waals surface area contributed by atoms with Gasteiger partial charge in [0.15, 0.2) is 5.43 Å². The number of aromatic hydroxyl groups is 1. The summed E-state index contributed by atoms with van der Waals surface area (Å²) in [6.07, 6.45) is 3.22. The molecule has 0 amide bonds. The van der Waals surface area contributed by atoms with E-state index in [1.807, 2.05) is 42.5 Å². The molecule has 0 aliphatic carbocycles. The first kappa shape index (κ1) is 21.3. The van der Waals surface area contributed by atoms with Crippen molar-refractivity contribution in [3.05, 3.63) is 98.2 Å². The zero-order valence-electron chi connectivity index (χ0n) is 18.3. The van der Waals surface area contributed by atoms with Crippen LogP contribution in [0.15, 0.2) is 75.4 Å². The number of aromatic amines is 2. The molecule has 32 heavy (non-hydrogen) atoms. The number of fused-ring (bicyclic) bond motifs is 1. The maximum atomic E-state index is 12.5. The number of pyridine rings is 2. The van der Waals surface area contributed by atoms with Gasteiger partial charge in [-0.1, -0.05) is 57.2 Å². The second-order valence-corrected chi connectivity index (χ2v) is 8.80. The molecule has 0 radical (unpaired) electrons. The van der Waals surface area contributed by atoms with Crippen molar-refractivity contribution in [2.24, 2.45) is 4.99 Å². The van der Waals surface area contributed by atoms with Crippen molar-refractivity contribution >= 4 is 17.0 Å². The monoisotopic (exact) mass is 427 g/mol. The maximum absolute atomic E-state index is 12.5. The van der Waals surface area contributed by atoms with Gasteiger partial charge >= 0.3 is 0 Å². The number of benzene rings is 2. The number of H-pyrrole nitrogens is 2. The minimum Gasteiger partial charge on any atom is -0.494 e. The summed E-state index contributed by atoms with van der Waals surface area (Å²) in [6.45, 7) is 6.49. The fourth-order valence-electron chi connectivity index (χ4n) is 3.62. The Hall–Kier alpha value is -3.93. The molecular weight excluding hydrogens is 402 g/mol. The van der Waals surface area contributed by atoms with Gasteiger partial charge in [-0.25, -0.2) is 0 Å². The highest BCUT2D eigenvalue weighted by atomic mass is 16.3. The molecule has 4 aromatic rings. The van der Waals surface area contributed by atoms with Crippen LogP contribution in [0.1, 0.15) is 37.6 Å². The minimum atomic E-state index is -0.351. The van der Waals surface area contributed by atoms with Gasteiger partial charge in [0.25, 0.3) is 5.56 Å². The summed E-state index contributed by atoms with van der Waals surface area (Å²) < 4.78 is 0. The third-order valence-electron chi connectivity index (χ3n) is 5.45. The third kappa shape index (κ3) is 4.25. The van der Waals surface area contributed by atoms with E-state index >= 15 is 0 Å². The molecule has 0 spiro atoms. The molecule has 3 N–H and O–H groups in total. The van der Waals surface area contributed by atoms with E-state index in [2.05, 4.69) is 35.7 Å². The molecule has 0 saturated heterocycles. The third-order valence-corrected chi connectivity index (χ3v) is 5.45. The number of hydrogen-bond donors (Lipinski definition) is 3. The summed E-state index contributed by atoms with van der Waals surface area (Å²) in [4.78, 5) is 34.8. The smallest absolute Gasteiger partial charge is 0.258 e. The van der Waals surface area contributed by atoms with Crippen molar-refractivity contribution in [1.29, 1.82) is 0 Å². The number of nitrogens with one attached hydrogen (secondary N) is 2. The first-order valence-corrected chi connectivity index (χ1v) is 10.4. The largest absolute Gasteiger partial charge is 0.494 e. The normalized spacial score (nSPS) is 12.0. The molecule has 6 heteroatoms. The van der Waals surface area contributed by atoms with Crippen molar-refractivity contribution in [2.75, 3.05) is 0 Å². The molecule has 0 saturated carbocycles. The quantitative estimate of drug-likeness (QED) is 0.418. The average molecular weight is 428 g/mol.